The highest BCUT2D eigenvalue weighted by Gasteiger charge is 2.31. The van der Waals surface area contributed by atoms with Crippen molar-refractivity contribution in [1.29, 1.82) is 0 Å². The number of rotatable bonds is 2. The molecule has 0 bridgehead atoms. The van der Waals surface area contributed by atoms with E-state index in [4.69, 9.17) is 4.74 Å². The molecule has 2 aliphatic rings. The first-order valence-corrected chi connectivity index (χ1v) is 7.16. The van der Waals surface area contributed by atoms with Gasteiger partial charge < -0.3 is 19.9 Å². The molecule has 1 aromatic rings. The maximum absolute atomic E-state index is 12.1. The van der Waals surface area contributed by atoms with Crippen molar-refractivity contribution in [1.82, 2.24) is 10.2 Å². The molecule has 1 N–H and O–H groups in total. The predicted octanol–water partition coefficient (Wildman–Crippen LogP) is 0.152. The lowest BCUT2D eigenvalue weighted by atomic mass is 10.1. The Morgan fingerprint density at radius 2 is 2.10 bits per heavy atom. The molecular formula is C15H19N3O3. The van der Waals surface area contributed by atoms with E-state index in [1.165, 1.54) is 4.90 Å². The fourth-order valence-corrected chi connectivity index (χ4v) is 2.65. The summed E-state index contributed by atoms with van der Waals surface area (Å²) in [6, 6.07) is 7.69. The number of anilines is 1. The Bertz CT molecular complexity index is 555. The van der Waals surface area contributed by atoms with Crippen LogP contribution in [-0.2, 0) is 14.3 Å². The van der Waals surface area contributed by atoms with E-state index in [9.17, 15) is 9.59 Å². The highest BCUT2D eigenvalue weighted by atomic mass is 16.5. The number of ether oxygens (including phenoxy) is 1. The number of likely N-dealkylation sites (N-methyl/N-ethyl adjacent to an activating group) is 1. The highest BCUT2D eigenvalue weighted by molar-refractivity contribution is 6.40. The number of amides is 2. The normalized spacial score (nSPS) is 23.6. The summed E-state index contributed by atoms with van der Waals surface area (Å²) in [7, 11) is 1.65. The first-order chi connectivity index (χ1) is 10.2. The van der Waals surface area contributed by atoms with Crippen molar-refractivity contribution in [2.24, 2.45) is 0 Å². The third-order valence-corrected chi connectivity index (χ3v) is 3.92. The standard InChI is InChI=1S/C15H19N3O3/c1-17-6-7-18(15(20)14(17)19)12-4-2-3-11(9-12)13-10-16-5-8-21-13/h2-4,9,13,16H,5-8,10H2,1H3. The number of morpholine rings is 1. The molecule has 0 aromatic heterocycles. The summed E-state index contributed by atoms with van der Waals surface area (Å²) >= 11 is 0. The molecule has 2 heterocycles. The van der Waals surface area contributed by atoms with Gasteiger partial charge in [0, 0.05) is 38.9 Å². The van der Waals surface area contributed by atoms with E-state index in [2.05, 4.69) is 5.32 Å². The molecule has 1 unspecified atom stereocenters. The van der Waals surface area contributed by atoms with E-state index in [-0.39, 0.29) is 6.10 Å². The van der Waals surface area contributed by atoms with Crippen molar-refractivity contribution in [3.63, 3.8) is 0 Å². The molecule has 0 saturated carbocycles. The molecule has 1 aromatic carbocycles. The second-order valence-corrected chi connectivity index (χ2v) is 5.34. The minimum Gasteiger partial charge on any atom is -0.371 e. The Hall–Kier alpha value is -1.92. The van der Waals surface area contributed by atoms with E-state index < -0.39 is 11.8 Å². The topological polar surface area (TPSA) is 61.9 Å². The minimum absolute atomic E-state index is 0.00281. The number of piperazine rings is 1. The lowest BCUT2D eigenvalue weighted by Gasteiger charge is -2.32. The zero-order valence-corrected chi connectivity index (χ0v) is 12.0. The van der Waals surface area contributed by atoms with Crippen molar-refractivity contribution in [2.45, 2.75) is 6.10 Å². The maximum Gasteiger partial charge on any atom is 0.316 e. The molecule has 2 amide bonds. The third-order valence-electron chi connectivity index (χ3n) is 3.92. The number of nitrogens with zero attached hydrogens (tertiary/aromatic N) is 2. The van der Waals surface area contributed by atoms with Crippen LogP contribution in [0.5, 0.6) is 0 Å². The minimum atomic E-state index is -0.469. The van der Waals surface area contributed by atoms with Gasteiger partial charge in [0.2, 0.25) is 0 Å². The number of nitrogens with one attached hydrogen (secondary N) is 1. The summed E-state index contributed by atoms with van der Waals surface area (Å²) < 4.78 is 5.73. The molecule has 2 saturated heterocycles. The summed E-state index contributed by atoms with van der Waals surface area (Å²) in [6.07, 6.45) is -0.00281. The summed E-state index contributed by atoms with van der Waals surface area (Å²) in [5, 5.41) is 3.29. The van der Waals surface area contributed by atoms with E-state index in [0.29, 0.717) is 19.7 Å². The fraction of sp³-hybridized carbons (Fsp3) is 0.467. The van der Waals surface area contributed by atoms with E-state index in [0.717, 1.165) is 24.3 Å². The molecule has 1 atom stereocenters. The van der Waals surface area contributed by atoms with Gasteiger partial charge in [0.25, 0.3) is 0 Å². The van der Waals surface area contributed by atoms with Crippen LogP contribution in [0.3, 0.4) is 0 Å². The average Bonchev–Trinajstić information content (AvgIpc) is 2.54. The molecule has 0 aliphatic carbocycles. The molecule has 6 heteroatoms. The summed E-state index contributed by atoms with van der Waals surface area (Å²) in [6.45, 7) is 3.38. The van der Waals surface area contributed by atoms with Crippen LogP contribution in [0.15, 0.2) is 24.3 Å². The number of hydrogen-bond donors (Lipinski definition) is 1. The van der Waals surface area contributed by atoms with Crippen LogP contribution in [0.25, 0.3) is 0 Å². The molecule has 0 spiro atoms. The van der Waals surface area contributed by atoms with Gasteiger partial charge in [0.05, 0.1) is 12.7 Å². The highest BCUT2D eigenvalue weighted by Crippen LogP contribution is 2.25. The second kappa shape index (κ2) is 5.83. The largest absolute Gasteiger partial charge is 0.371 e. The Morgan fingerprint density at radius 3 is 2.86 bits per heavy atom. The molecule has 6 nitrogen and oxygen atoms in total. The Kier molecular flexibility index (Phi) is 3.90. The van der Waals surface area contributed by atoms with Gasteiger partial charge in [-0.15, -0.1) is 0 Å². The Balaban J connectivity index is 1.82. The van der Waals surface area contributed by atoms with Crippen molar-refractivity contribution < 1.29 is 14.3 Å². The Labute approximate surface area is 123 Å². The zero-order chi connectivity index (χ0) is 14.8. The van der Waals surface area contributed by atoms with Crippen LogP contribution < -0.4 is 10.2 Å². The number of hydrogen-bond acceptors (Lipinski definition) is 4. The number of benzene rings is 1. The van der Waals surface area contributed by atoms with Crippen molar-refractivity contribution in [2.75, 3.05) is 44.7 Å². The maximum atomic E-state index is 12.1. The molecule has 3 rings (SSSR count). The van der Waals surface area contributed by atoms with Gasteiger partial charge in [0.1, 0.15) is 0 Å². The third kappa shape index (κ3) is 2.77. The molecule has 2 fully saturated rings. The summed E-state index contributed by atoms with van der Waals surface area (Å²) in [5.74, 6) is -0.925. The second-order valence-electron chi connectivity index (χ2n) is 5.34. The van der Waals surface area contributed by atoms with Gasteiger partial charge >= 0.3 is 11.8 Å². The van der Waals surface area contributed by atoms with Gasteiger partial charge in [-0.3, -0.25) is 9.59 Å². The van der Waals surface area contributed by atoms with Crippen molar-refractivity contribution in [3.05, 3.63) is 29.8 Å². The molecule has 112 valence electrons. The van der Waals surface area contributed by atoms with Gasteiger partial charge in [0.15, 0.2) is 0 Å². The monoisotopic (exact) mass is 289 g/mol. The van der Waals surface area contributed by atoms with Gasteiger partial charge in [-0.25, -0.2) is 0 Å². The summed E-state index contributed by atoms with van der Waals surface area (Å²) in [4.78, 5) is 26.9. The van der Waals surface area contributed by atoms with Crippen molar-refractivity contribution in [3.8, 4) is 0 Å². The first-order valence-electron chi connectivity index (χ1n) is 7.16. The lowest BCUT2D eigenvalue weighted by molar-refractivity contribution is -0.145. The van der Waals surface area contributed by atoms with Gasteiger partial charge in [-0.2, -0.15) is 0 Å². The number of carbonyl (C=O) groups excluding carboxylic acids is 2. The van der Waals surface area contributed by atoms with E-state index in [1.54, 1.807) is 11.9 Å². The molecule has 21 heavy (non-hydrogen) atoms. The van der Waals surface area contributed by atoms with Crippen LogP contribution in [0.4, 0.5) is 5.69 Å². The van der Waals surface area contributed by atoms with E-state index in [1.807, 2.05) is 24.3 Å². The lowest BCUT2D eigenvalue weighted by Crippen LogP contribution is -2.53. The summed E-state index contributed by atoms with van der Waals surface area (Å²) in [5.41, 5.74) is 1.78. The molecular weight excluding hydrogens is 270 g/mol. The van der Waals surface area contributed by atoms with Crippen LogP contribution >= 0.6 is 0 Å². The predicted molar refractivity (Wildman–Crippen MR) is 78.0 cm³/mol. The smallest absolute Gasteiger partial charge is 0.316 e. The van der Waals surface area contributed by atoms with Crippen molar-refractivity contribution >= 4 is 17.5 Å². The Morgan fingerprint density at radius 1 is 1.24 bits per heavy atom. The van der Waals surface area contributed by atoms with E-state index >= 15 is 0 Å². The average molecular weight is 289 g/mol. The van der Waals surface area contributed by atoms with Crippen LogP contribution in [0, 0.1) is 0 Å². The van der Waals surface area contributed by atoms with Crippen LogP contribution in [0.2, 0.25) is 0 Å². The van der Waals surface area contributed by atoms with Gasteiger partial charge in [-0.05, 0) is 17.7 Å². The number of carbonyl (C=O) groups is 2. The molecule has 0 radical (unpaired) electrons. The SMILES string of the molecule is CN1CCN(c2cccc(C3CNCCO3)c2)C(=O)C1=O. The fourth-order valence-electron chi connectivity index (χ4n) is 2.65. The van der Waals surface area contributed by atoms with Crippen LogP contribution in [-0.4, -0.2) is 56.5 Å². The quantitative estimate of drug-likeness (QED) is 0.788. The van der Waals surface area contributed by atoms with Crippen LogP contribution in [0.1, 0.15) is 11.7 Å². The molecule has 2 aliphatic heterocycles. The van der Waals surface area contributed by atoms with Gasteiger partial charge in [-0.1, -0.05) is 12.1 Å². The zero-order valence-electron chi connectivity index (χ0n) is 12.0. The first kappa shape index (κ1) is 14.0.